The van der Waals surface area contributed by atoms with E-state index in [-0.39, 0.29) is 10.9 Å². The van der Waals surface area contributed by atoms with E-state index in [9.17, 15) is 0 Å². The lowest BCUT2D eigenvalue weighted by Gasteiger charge is -2.15. The number of nitrogens with two attached hydrogens (primary N) is 1. The Hall–Kier alpha value is -1.53. The van der Waals surface area contributed by atoms with E-state index in [0.29, 0.717) is 18.1 Å². The summed E-state index contributed by atoms with van der Waals surface area (Å²) in [5.41, 5.74) is 5.93. The molecular weight excluding hydrogens is 268 g/mol. The average molecular weight is 285 g/mol. The van der Waals surface area contributed by atoms with E-state index in [1.165, 1.54) is 19.0 Å². The Kier molecular flexibility index (Phi) is 4.81. The highest BCUT2D eigenvalue weighted by molar-refractivity contribution is 6.35. The second-order valence-corrected chi connectivity index (χ2v) is 4.74. The van der Waals surface area contributed by atoms with Crippen molar-refractivity contribution in [3.05, 3.63) is 22.8 Å². The SMILES string of the molecule is N/C(=N/O)c1ccnc(OCCN2CCCC2)c1Cl. The molecule has 1 fully saturated rings. The highest BCUT2D eigenvalue weighted by Gasteiger charge is 2.14. The van der Waals surface area contributed by atoms with Gasteiger partial charge in [-0.1, -0.05) is 16.8 Å². The molecule has 0 bridgehead atoms. The van der Waals surface area contributed by atoms with Gasteiger partial charge in [0, 0.05) is 18.3 Å². The number of hydrogen-bond donors (Lipinski definition) is 2. The van der Waals surface area contributed by atoms with E-state index in [0.717, 1.165) is 19.6 Å². The van der Waals surface area contributed by atoms with Gasteiger partial charge in [-0.15, -0.1) is 0 Å². The van der Waals surface area contributed by atoms with Gasteiger partial charge in [0.25, 0.3) is 0 Å². The zero-order valence-electron chi connectivity index (χ0n) is 10.5. The lowest BCUT2D eigenvalue weighted by Crippen LogP contribution is -2.25. The first kappa shape index (κ1) is 13.9. The molecule has 6 nitrogen and oxygen atoms in total. The van der Waals surface area contributed by atoms with Crippen LogP contribution in [0, 0.1) is 0 Å². The molecule has 104 valence electrons. The van der Waals surface area contributed by atoms with Crippen LogP contribution in [0.15, 0.2) is 17.4 Å². The summed E-state index contributed by atoms with van der Waals surface area (Å²) in [6.45, 7) is 3.61. The Morgan fingerprint density at radius 1 is 1.53 bits per heavy atom. The fourth-order valence-corrected chi connectivity index (χ4v) is 2.32. The van der Waals surface area contributed by atoms with Gasteiger partial charge in [-0.05, 0) is 32.0 Å². The number of amidine groups is 1. The van der Waals surface area contributed by atoms with Crippen molar-refractivity contribution in [2.75, 3.05) is 26.2 Å². The summed E-state index contributed by atoms with van der Waals surface area (Å²) >= 11 is 6.10. The molecule has 0 amide bonds. The van der Waals surface area contributed by atoms with Gasteiger partial charge in [-0.25, -0.2) is 4.98 Å². The minimum atomic E-state index is -0.0585. The molecule has 0 spiro atoms. The van der Waals surface area contributed by atoms with E-state index in [2.05, 4.69) is 15.0 Å². The third-order valence-electron chi connectivity index (χ3n) is 3.09. The highest BCUT2D eigenvalue weighted by atomic mass is 35.5. The molecule has 0 unspecified atom stereocenters. The Morgan fingerprint density at radius 3 is 2.95 bits per heavy atom. The Balaban J connectivity index is 1.96. The molecule has 1 saturated heterocycles. The van der Waals surface area contributed by atoms with E-state index in [4.69, 9.17) is 27.3 Å². The Labute approximate surface area is 116 Å². The minimum Gasteiger partial charge on any atom is -0.475 e. The number of halogens is 1. The van der Waals surface area contributed by atoms with Crippen LogP contribution in [0.2, 0.25) is 5.02 Å². The number of oxime groups is 1. The van der Waals surface area contributed by atoms with Gasteiger partial charge in [0.15, 0.2) is 5.84 Å². The average Bonchev–Trinajstić information content (AvgIpc) is 2.93. The zero-order valence-corrected chi connectivity index (χ0v) is 11.3. The standard InChI is InChI=1S/C12H17ClN4O2/c13-10-9(11(14)16-18)3-4-15-12(10)19-8-7-17-5-1-2-6-17/h3-4,18H,1-2,5-8H2,(H2,14,16). The minimum absolute atomic E-state index is 0.0585. The molecule has 1 aromatic heterocycles. The number of ether oxygens (including phenoxy) is 1. The quantitative estimate of drug-likeness (QED) is 0.368. The molecule has 0 saturated carbocycles. The van der Waals surface area contributed by atoms with Crippen LogP contribution in [-0.2, 0) is 0 Å². The number of likely N-dealkylation sites (tertiary alicyclic amines) is 1. The van der Waals surface area contributed by atoms with Gasteiger partial charge >= 0.3 is 0 Å². The number of nitrogens with zero attached hydrogens (tertiary/aromatic N) is 3. The lowest BCUT2D eigenvalue weighted by molar-refractivity contribution is 0.232. The molecular formula is C12H17ClN4O2. The summed E-state index contributed by atoms with van der Waals surface area (Å²) in [6.07, 6.45) is 4.01. The maximum atomic E-state index is 8.66. The van der Waals surface area contributed by atoms with Crippen molar-refractivity contribution in [1.82, 2.24) is 9.88 Å². The third kappa shape index (κ3) is 3.48. The van der Waals surface area contributed by atoms with E-state index >= 15 is 0 Å². The summed E-state index contributed by atoms with van der Waals surface area (Å²) in [5.74, 6) is 0.252. The zero-order chi connectivity index (χ0) is 13.7. The molecule has 0 aliphatic carbocycles. The predicted octanol–water partition coefficient (Wildman–Crippen LogP) is 1.30. The van der Waals surface area contributed by atoms with Gasteiger partial charge in [0.2, 0.25) is 5.88 Å². The molecule has 0 atom stereocenters. The first-order valence-corrected chi connectivity index (χ1v) is 6.57. The van der Waals surface area contributed by atoms with Crippen molar-refractivity contribution in [2.45, 2.75) is 12.8 Å². The third-order valence-corrected chi connectivity index (χ3v) is 3.45. The molecule has 1 aliphatic rings. The molecule has 1 aromatic rings. The number of aromatic nitrogens is 1. The van der Waals surface area contributed by atoms with Crippen LogP contribution in [0.1, 0.15) is 18.4 Å². The molecule has 19 heavy (non-hydrogen) atoms. The van der Waals surface area contributed by atoms with Crippen molar-refractivity contribution in [2.24, 2.45) is 10.9 Å². The van der Waals surface area contributed by atoms with Crippen LogP contribution in [0.3, 0.4) is 0 Å². The summed E-state index contributed by atoms with van der Waals surface area (Å²) in [5, 5.41) is 11.8. The molecule has 7 heteroatoms. The fourth-order valence-electron chi connectivity index (χ4n) is 2.05. The summed E-state index contributed by atoms with van der Waals surface area (Å²) in [4.78, 5) is 6.39. The van der Waals surface area contributed by atoms with Crippen molar-refractivity contribution < 1.29 is 9.94 Å². The second-order valence-electron chi connectivity index (χ2n) is 4.36. The molecule has 0 aromatic carbocycles. The van der Waals surface area contributed by atoms with E-state index < -0.39 is 0 Å². The van der Waals surface area contributed by atoms with Gasteiger partial charge in [0.1, 0.15) is 11.6 Å². The Bertz CT molecular complexity index is 461. The lowest BCUT2D eigenvalue weighted by atomic mass is 10.2. The predicted molar refractivity (Wildman–Crippen MR) is 72.9 cm³/mol. The summed E-state index contributed by atoms with van der Waals surface area (Å²) < 4.78 is 5.56. The summed E-state index contributed by atoms with van der Waals surface area (Å²) in [6, 6.07) is 1.57. The van der Waals surface area contributed by atoms with Gasteiger partial charge in [0.05, 0.1) is 0 Å². The van der Waals surface area contributed by atoms with Crippen LogP contribution in [-0.4, -0.2) is 47.2 Å². The number of hydrogen-bond acceptors (Lipinski definition) is 5. The van der Waals surface area contributed by atoms with E-state index in [1.807, 2.05) is 0 Å². The first-order valence-electron chi connectivity index (χ1n) is 6.20. The van der Waals surface area contributed by atoms with Crippen molar-refractivity contribution >= 4 is 17.4 Å². The molecule has 1 aliphatic heterocycles. The topological polar surface area (TPSA) is 84.0 Å². The fraction of sp³-hybridized carbons (Fsp3) is 0.500. The maximum Gasteiger partial charge on any atom is 0.233 e. The largest absolute Gasteiger partial charge is 0.475 e. The molecule has 2 rings (SSSR count). The van der Waals surface area contributed by atoms with Crippen molar-refractivity contribution in [3.8, 4) is 5.88 Å². The summed E-state index contributed by atoms with van der Waals surface area (Å²) in [7, 11) is 0. The van der Waals surface area contributed by atoms with Crippen LogP contribution in [0.5, 0.6) is 5.88 Å². The van der Waals surface area contributed by atoms with Crippen molar-refractivity contribution in [1.29, 1.82) is 0 Å². The van der Waals surface area contributed by atoms with Crippen LogP contribution in [0.4, 0.5) is 0 Å². The van der Waals surface area contributed by atoms with E-state index in [1.54, 1.807) is 6.07 Å². The van der Waals surface area contributed by atoms with Gasteiger partial charge < -0.3 is 15.7 Å². The monoisotopic (exact) mass is 284 g/mol. The first-order chi connectivity index (χ1) is 9.22. The van der Waals surface area contributed by atoms with Crippen LogP contribution < -0.4 is 10.5 Å². The highest BCUT2D eigenvalue weighted by Crippen LogP contribution is 2.25. The van der Waals surface area contributed by atoms with Crippen LogP contribution >= 0.6 is 11.6 Å². The Morgan fingerprint density at radius 2 is 2.26 bits per heavy atom. The normalized spacial score (nSPS) is 16.8. The van der Waals surface area contributed by atoms with Gasteiger partial charge in [-0.3, -0.25) is 4.90 Å². The van der Waals surface area contributed by atoms with Crippen molar-refractivity contribution in [3.63, 3.8) is 0 Å². The molecule has 0 radical (unpaired) electrons. The molecule has 2 heterocycles. The van der Waals surface area contributed by atoms with Gasteiger partial charge in [-0.2, -0.15) is 0 Å². The number of pyridine rings is 1. The smallest absolute Gasteiger partial charge is 0.233 e. The second kappa shape index (κ2) is 6.58. The molecule has 3 N–H and O–H groups in total. The van der Waals surface area contributed by atoms with Crippen LogP contribution in [0.25, 0.3) is 0 Å². The maximum absolute atomic E-state index is 8.66. The number of rotatable bonds is 5.